The van der Waals surface area contributed by atoms with Crippen LogP contribution in [0.25, 0.3) is 0 Å². The van der Waals surface area contributed by atoms with E-state index in [1.165, 1.54) is 0 Å². The van der Waals surface area contributed by atoms with E-state index in [0.717, 1.165) is 5.69 Å². The van der Waals surface area contributed by atoms with E-state index < -0.39 is 0 Å². The second-order valence-electron chi connectivity index (χ2n) is 5.80. The first-order chi connectivity index (χ1) is 12.1. The van der Waals surface area contributed by atoms with Crippen molar-refractivity contribution in [3.8, 4) is 5.75 Å². The fraction of sp³-hybridized carbons (Fsp3) is 0.444. The fourth-order valence-corrected chi connectivity index (χ4v) is 2.59. The highest BCUT2D eigenvalue weighted by Crippen LogP contribution is 2.34. The Labute approximate surface area is 148 Å². The van der Waals surface area contributed by atoms with Crippen LogP contribution in [-0.2, 0) is 9.53 Å². The topological polar surface area (TPSA) is 79.9 Å². The maximum atomic E-state index is 12.2. The Kier molecular flexibility index (Phi) is 6.82. The maximum absolute atomic E-state index is 12.2. The van der Waals surface area contributed by atoms with Crippen molar-refractivity contribution in [3.05, 3.63) is 36.4 Å². The number of hydrogen-bond acceptors (Lipinski definition) is 5. The summed E-state index contributed by atoms with van der Waals surface area (Å²) in [5.74, 6) is 0.482. The molecule has 136 valence electrons. The van der Waals surface area contributed by atoms with Crippen LogP contribution >= 0.6 is 0 Å². The minimum Gasteiger partial charge on any atom is -0.489 e. The molecule has 7 nitrogen and oxygen atoms in total. The Morgan fingerprint density at radius 1 is 1.44 bits per heavy atom. The maximum Gasteiger partial charge on any atom is 0.251 e. The Hall–Kier alpha value is -2.54. The predicted molar refractivity (Wildman–Crippen MR) is 96.2 cm³/mol. The molecular formula is C18H25N3O4. The second kappa shape index (κ2) is 9.08. The summed E-state index contributed by atoms with van der Waals surface area (Å²) in [5, 5.41) is 5.56. The normalized spacial score (nSPS) is 15.8. The number of anilines is 1. The van der Waals surface area contributed by atoms with Gasteiger partial charge in [-0.1, -0.05) is 6.08 Å². The van der Waals surface area contributed by atoms with Gasteiger partial charge in [-0.05, 0) is 18.2 Å². The van der Waals surface area contributed by atoms with E-state index >= 15 is 0 Å². The van der Waals surface area contributed by atoms with Gasteiger partial charge in [0.25, 0.3) is 5.91 Å². The molecule has 0 radical (unpaired) electrons. The average Bonchev–Trinajstić information content (AvgIpc) is 2.62. The molecule has 2 N–H and O–H groups in total. The van der Waals surface area contributed by atoms with Gasteiger partial charge in [0.15, 0.2) is 0 Å². The highest BCUT2D eigenvalue weighted by molar-refractivity contribution is 5.95. The smallest absolute Gasteiger partial charge is 0.251 e. The van der Waals surface area contributed by atoms with Crippen LogP contribution in [0.3, 0.4) is 0 Å². The number of benzene rings is 1. The molecule has 1 atom stereocenters. The molecule has 1 aliphatic rings. The number of carbonyl (C=O) groups is 2. The van der Waals surface area contributed by atoms with Crippen molar-refractivity contribution in [1.29, 1.82) is 0 Å². The van der Waals surface area contributed by atoms with Gasteiger partial charge in [-0.3, -0.25) is 9.59 Å². The molecule has 1 aromatic carbocycles. The third-order valence-corrected chi connectivity index (χ3v) is 4.04. The van der Waals surface area contributed by atoms with Gasteiger partial charge in [0.2, 0.25) is 5.91 Å². The first kappa shape index (κ1) is 18.8. The number of nitrogens with one attached hydrogen (secondary N) is 2. The minimum atomic E-state index is -0.168. The van der Waals surface area contributed by atoms with Crippen LogP contribution in [0.1, 0.15) is 16.8 Å². The molecule has 25 heavy (non-hydrogen) atoms. The van der Waals surface area contributed by atoms with Crippen molar-refractivity contribution < 1.29 is 19.1 Å². The lowest BCUT2D eigenvalue weighted by molar-refractivity contribution is -0.121. The summed E-state index contributed by atoms with van der Waals surface area (Å²) < 4.78 is 10.7. The van der Waals surface area contributed by atoms with Crippen LogP contribution in [0.2, 0.25) is 0 Å². The van der Waals surface area contributed by atoms with E-state index in [0.29, 0.717) is 44.0 Å². The molecule has 0 fully saturated rings. The van der Waals surface area contributed by atoms with E-state index in [9.17, 15) is 9.59 Å². The highest BCUT2D eigenvalue weighted by atomic mass is 16.5. The fourth-order valence-electron chi connectivity index (χ4n) is 2.59. The number of rotatable bonds is 8. The summed E-state index contributed by atoms with van der Waals surface area (Å²) in [6.07, 6.45) is 1.96. The molecule has 0 aromatic heterocycles. The zero-order chi connectivity index (χ0) is 18.2. The number of ether oxygens (including phenoxy) is 2. The monoisotopic (exact) mass is 347 g/mol. The van der Waals surface area contributed by atoms with Crippen molar-refractivity contribution in [2.75, 3.05) is 45.4 Å². The summed E-state index contributed by atoms with van der Waals surface area (Å²) in [4.78, 5) is 26.1. The molecule has 2 rings (SSSR count). The zero-order valence-corrected chi connectivity index (χ0v) is 14.7. The Morgan fingerprint density at radius 3 is 2.96 bits per heavy atom. The first-order valence-corrected chi connectivity index (χ1v) is 8.21. The van der Waals surface area contributed by atoms with Crippen LogP contribution in [0, 0.1) is 0 Å². The van der Waals surface area contributed by atoms with Crippen molar-refractivity contribution in [3.63, 3.8) is 0 Å². The predicted octanol–water partition coefficient (Wildman–Crippen LogP) is 0.952. The lowest BCUT2D eigenvalue weighted by Gasteiger charge is -2.35. The molecular weight excluding hydrogens is 322 g/mol. The molecule has 0 bridgehead atoms. The molecule has 1 unspecified atom stereocenters. The van der Waals surface area contributed by atoms with E-state index in [1.54, 1.807) is 31.4 Å². The van der Waals surface area contributed by atoms with Crippen LogP contribution in [-0.4, -0.2) is 58.3 Å². The Bertz CT molecular complexity index is 633. The van der Waals surface area contributed by atoms with Crippen LogP contribution in [0.15, 0.2) is 30.9 Å². The van der Waals surface area contributed by atoms with Gasteiger partial charge in [-0.25, -0.2) is 0 Å². The number of carbonyl (C=O) groups excluding carboxylic acids is 2. The standard InChI is InChI=1S/C18H25N3O4/c1-4-7-19-17(22)11-14-12-25-16-6-5-13(10-15(16)21(14)2)18(23)20-8-9-24-3/h4-6,10,14H,1,7-9,11-12H2,2-3H3,(H,19,22)(H,20,23). The SMILES string of the molecule is C=CCNC(=O)CC1COc2ccc(C(=O)NCCOC)cc2N1C. The van der Waals surface area contributed by atoms with E-state index in [4.69, 9.17) is 9.47 Å². The number of hydrogen-bond donors (Lipinski definition) is 2. The molecule has 1 heterocycles. The van der Waals surface area contributed by atoms with Gasteiger partial charge in [0.1, 0.15) is 12.4 Å². The van der Waals surface area contributed by atoms with E-state index in [-0.39, 0.29) is 17.9 Å². The largest absolute Gasteiger partial charge is 0.489 e. The lowest BCUT2D eigenvalue weighted by atomic mass is 10.1. The number of nitrogens with zero attached hydrogens (tertiary/aromatic N) is 1. The molecule has 0 spiro atoms. The van der Waals surface area contributed by atoms with Crippen molar-refractivity contribution in [2.45, 2.75) is 12.5 Å². The third kappa shape index (κ3) is 4.96. The highest BCUT2D eigenvalue weighted by Gasteiger charge is 2.27. The van der Waals surface area contributed by atoms with Gasteiger partial charge in [-0.15, -0.1) is 6.58 Å². The van der Waals surface area contributed by atoms with Crippen LogP contribution in [0.5, 0.6) is 5.75 Å². The van der Waals surface area contributed by atoms with Crippen molar-refractivity contribution in [2.24, 2.45) is 0 Å². The third-order valence-electron chi connectivity index (χ3n) is 4.04. The average molecular weight is 347 g/mol. The van der Waals surface area contributed by atoms with Crippen molar-refractivity contribution in [1.82, 2.24) is 10.6 Å². The van der Waals surface area contributed by atoms with E-state index in [2.05, 4.69) is 17.2 Å². The molecule has 0 aliphatic carbocycles. The second-order valence-corrected chi connectivity index (χ2v) is 5.80. The molecule has 7 heteroatoms. The van der Waals surface area contributed by atoms with Crippen LogP contribution in [0.4, 0.5) is 5.69 Å². The first-order valence-electron chi connectivity index (χ1n) is 8.21. The molecule has 1 aromatic rings. The quantitative estimate of drug-likeness (QED) is 0.541. The number of amides is 2. The Morgan fingerprint density at radius 2 is 2.24 bits per heavy atom. The van der Waals surface area contributed by atoms with E-state index in [1.807, 2.05) is 11.9 Å². The number of likely N-dealkylation sites (N-methyl/N-ethyl adjacent to an activating group) is 1. The van der Waals surface area contributed by atoms with Gasteiger partial charge in [-0.2, -0.15) is 0 Å². The van der Waals surface area contributed by atoms with Crippen LogP contribution < -0.4 is 20.3 Å². The van der Waals surface area contributed by atoms with Gasteiger partial charge in [0, 0.05) is 32.8 Å². The number of fused-ring (bicyclic) bond motifs is 1. The summed E-state index contributed by atoms with van der Waals surface area (Å²) in [7, 11) is 3.49. The molecule has 0 saturated carbocycles. The number of methoxy groups -OCH3 is 1. The van der Waals surface area contributed by atoms with Crippen molar-refractivity contribution >= 4 is 17.5 Å². The zero-order valence-electron chi connectivity index (χ0n) is 14.7. The minimum absolute atomic E-state index is 0.0581. The lowest BCUT2D eigenvalue weighted by Crippen LogP contribution is -2.44. The van der Waals surface area contributed by atoms with Gasteiger partial charge < -0.3 is 25.0 Å². The van der Waals surface area contributed by atoms with Gasteiger partial charge >= 0.3 is 0 Å². The molecule has 2 amide bonds. The summed E-state index contributed by atoms with van der Waals surface area (Å²) in [6, 6.07) is 5.20. The Balaban J connectivity index is 2.06. The summed E-state index contributed by atoms with van der Waals surface area (Å²) in [5.41, 5.74) is 1.34. The summed E-state index contributed by atoms with van der Waals surface area (Å²) >= 11 is 0. The molecule has 1 aliphatic heterocycles. The summed E-state index contributed by atoms with van der Waals surface area (Å²) in [6.45, 7) is 5.35. The van der Waals surface area contributed by atoms with Gasteiger partial charge in [0.05, 0.1) is 24.8 Å². The molecule has 0 saturated heterocycles.